The largest absolute Gasteiger partial charge is 0.468 e. The zero-order valence-electron chi connectivity index (χ0n) is 17.0. The van der Waals surface area contributed by atoms with E-state index in [1.54, 1.807) is 6.26 Å². The Bertz CT molecular complexity index is 745. The molecule has 28 heavy (non-hydrogen) atoms. The number of anilines is 1. The fourth-order valence-corrected chi connectivity index (χ4v) is 3.59. The fourth-order valence-electron chi connectivity index (χ4n) is 3.59. The summed E-state index contributed by atoms with van der Waals surface area (Å²) in [7, 11) is 0. The van der Waals surface area contributed by atoms with Gasteiger partial charge in [-0.15, -0.1) is 0 Å². The molecule has 3 rings (SSSR count). The van der Waals surface area contributed by atoms with Gasteiger partial charge in [-0.25, -0.2) is 4.39 Å². The van der Waals surface area contributed by atoms with E-state index in [2.05, 4.69) is 35.9 Å². The number of carbonyl (C=O) groups excluding carboxylic acids is 1. The molecule has 1 aromatic carbocycles. The van der Waals surface area contributed by atoms with E-state index in [-0.39, 0.29) is 23.2 Å². The van der Waals surface area contributed by atoms with Crippen molar-refractivity contribution >= 4 is 11.6 Å². The molecule has 2 heterocycles. The highest BCUT2D eigenvalue weighted by Crippen LogP contribution is 2.25. The minimum atomic E-state index is -0.216. The van der Waals surface area contributed by atoms with Gasteiger partial charge in [0.2, 0.25) is 5.91 Å². The van der Waals surface area contributed by atoms with E-state index in [9.17, 15) is 9.18 Å². The van der Waals surface area contributed by atoms with E-state index >= 15 is 0 Å². The molecule has 0 aliphatic carbocycles. The van der Waals surface area contributed by atoms with Crippen molar-refractivity contribution in [1.29, 1.82) is 0 Å². The van der Waals surface area contributed by atoms with Crippen molar-refractivity contribution in [2.75, 3.05) is 37.6 Å². The first-order valence-corrected chi connectivity index (χ1v) is 9.86. The average molecular weight is 387 g/mol. The molecule has 0 spiro atoms. The summed E-state index contributed by atoms with van der Waals surface area (Å²) in [4.78, 5) is 16.9. The number of carbonyl (C=O) groups is 1. The van der Waals surface area contributed by atoms with Gasteiger partial charge in [0.1, 0.15) is 11.6 Å². The van der Waals surface area contributed by atoms with Crippen LogP contribution in [-0.2, 0) is 4.79 Å². The molecule has 0 radical (unpaired) electrons. The maximum Gasteiger partial charge on any atom is 0.220 e. The second-order valence-corrected chi connectivity index (χ2v) is 8.57. The first-order valence-electron chi connectivity index (χ1n) is 9.86. The molecular formula is C22H30FN3O2. The summed E-state index contributed by atoms with van der Waals surface area (Å²) < 4.78 is 18.8. The molecule has 0 unspecified atom stereocenters. The first-order chi connectivity index (χ1) is 13.3. The monoisotopic (exact) mass is 387 g/mol. The number of rotatable bonds is 6. The van der Waals surface area contributed by atoms with Gasteiger partial charge < -0.3 is 14.6 Å². The smallest absolute Gasteiger partial charge is 0.220 e. The van der Waals surface area contributed by atoms with Gasteiger partial charge in [0.15, 0.2) is 0 Å². The van der Waals surface area contributed by atoms with Crippen LogP contribution in [0.3, 0.4) is 0 Å². The number of hydrogen-bond donors (Lipinski definition) is 1. The molecule has 5 nitrogen and oxygen atoms in total. The number of piperazine rings is 1. The molecule has 1 atom stereocenters. The van der Waals surface area contributed by atoms with Crippen LogP contribution >= 0.6 is 0 Å². The van der Waals surface area contributed by atoms with Crippen LogP contribution in [0.1, 0.15) is 39.0 Å². The zero-order chi connectivity index (χ0) is 20.1. The Balaban J connectivity index is 1.60. The molecule has 1 N–H and O–H groups in total. The topological polar surface area (TPSA) is 48.7 Å². The van der Waals surface area contributed by atoms with Crippen LogP contribution < -0.4 is 10.2 Å². The van der Waals surface area contributed by atoms with E-state index in [4.69, 9.17) is 4.42 Å². The van der Waals surface area contributed by atoms with Gasteiger partial charge >= 0.3 is 0 Å². The van der Waals surface area contributed by atoms with Crippen molar-refractivity contribution in [1.82, 2.24) is 10.2 Å². The lowest BCUT2D eigenvalue weighted by molar-refractivity contribution is -0.123. The highest BCUT2D eigenvalue weighted by atomic mass is 19.1. The number of furan rings is 1. The van der Waals surface area contributed by atoms with Gasteiger partial charge in [-0.3, -0.25) is 9.69 Å². The predicted octanol–water partition coefficient (Wildman–Crippen LogP) is 3.83. The predicted molar refractivity (Wildman–Crippen MR) is 109 cm³/mol. The molecule has 1 amide bonds. The first kappa shape index (κ1) is 20.4. The maximum atomic E-state index is 13.2. The minimum absolute atomic E-state index is 0.00860. The molecule has 1 fully saturated rings. The quantitative estimate of drug-likeness (QED) is 0.818. The lowest BCUT2D eigenvalue weighted by atomic mass is 9.92. The van der Waals surface area contributed by atoms with Gasteiger partial charge in [0, 0.05) is 44.8 Å². The van der Waals surface area contributed by atoms with E-state index in [1.165, 1.54) is 12.1 Å². The zero-order valence-corrected chi connectivity index (χ0v) is 17.0. The van der Waals surface area contributed by atoms with Crippen molar-refractivity contribution in [3.8, 4) is 0 Å². The maximum absolute atomic E-state index is 13.2. The summed E-state index contributed by atoms with van der Waals surface area (Å²) in [5, 5.41) is 3.08. The van der Waals surface area contributed by atoms with Crippen molar-refractivity contribution < 1.29 is 13.6 Å². The van der Waals surface area contributed by atoms with Crippen molar-refractivity contribution in [2.24, 2.45) is 5.41 Å². The van der Waals surface area contributed by atoms with Gasteiger partial charge in [0.05, 0.1) is 12.3 Å². The Morgan fingerprint density at radius 2 is 1.82 bits per heavy atom. The molecule has 1 aliphatic rings. The normalized spacial score (nSPS) is 16.8. The van der Waals surface area contributed by atoms with Crippen LogP contribution in [0.5, 0.6) is 0 Å². The number of nitrogens with zero attached hydrogens (tertiary/aromatic N) is 2. The van der Waals surface area contributed by atoms with Gasteiger partial charge in [-0.2, -0.15) is 0 Å². The van der Waals surface area contributed by atoms with Crippen molar-refractivity contribution in [3.05, 3.63) is 54.2 Å². The van der Waals surface area contributed by atoms with Gasteiger partial charge in [-0.1, -0.05) is 20.8 Å². The summed E-state index contributed by atoms with van der Waals surface area (Å²) in [6, 6.07) is 10.5. The molecule has 6 heteroatoms. The summed E-state index contributed by atoms with van der Waals surface area (Å²) in [5.74, 6) is 0.714. The summed E-state index contributed by atoms with van der Waals surface area (Å²) in [6.45, 7) is 10.1. The van der Waals surface area contributed by atoms with Gasteiger partial charge in [0.25, 0.3) is 0 Å². The van der Waals surface area contributed by atoms with E-state index in [1.807, 2.05) is 24.3 Å². The molecule has 0 saturated carbocycles. The summed E-state index contributed by atoms with van der Waals surface area (Å²) in [6.07, 6.45) is 2.17. The van der Waals surface area contributed by atoms with Crippen LogP contribution in [0.4, 0.5) is 10.1 Å². The second kappa shape index (κ2) is 8.78. The number of benzene rings is 1. The highest BCUT2D eigenvalue weighted by molar-refractivity contribution is 5.76. The summed E-state index contributed by atoms with van der Waals surface area (Å²) >= 11 is 0. The standard InChI is InChI=1S/C22H30FN3O2/c1-22(2,3)15-21(27)24-16-19(20-5-4-14-28-20)26-12-10-25(11-13-26)18-8-6-17(23)7-9-18/h4-9,14,19H,10-13,15-16H2,1-3H3,(H,24,27)/t19-/m0/s1. The molecule has 1 aliphatic heterocycles. The number of nitrogens with one attached hydrogen (secondary N) is 1. The minimum Gasteiger partial charge on any atom is -0.468 e. The molecular weight excluding hydrogens is 357 g/mol. The lowest BCUT2D eigenvalue weighted by Crippen LogP contribution is -2.50. The molecule has 0 bridgehead atoms. The van der Waals surface area contributed by atoms with Crippen molar-refractivity contribution in [2.45, 2.75) is 33.2 Å². The third kappa shape index (κ3) is 5.58. The van der Waals surface area contributed by atoms with Crippen LogP contribution in [0.15, 0.2) is 47.1 Å². The lowest BCUT2D eigenvalue weighted by Gasteiger charge is -2.39. The van der Waals surface area contributed by atoms with E-state index in [0.29, 0.717) is 13.0 Å². The molecule has 2 aromatic rings. The number of halogens is 1. The second-order valence-electron chi connectivity index (χ2n) is 8.57. The Kier molecular flexibility index (Phi) is 6.39. The Morgan fingerprint density at radius 1 is 1.14 bits per heavy atom. The molecule has 1 aromatic heterocycles. The Hall–Kier alpha value is -2.34. The third-order valence-electron chi connectivity index (χ3n) is 5.00. The van der Waals surface area contributed by atoms with Crippen LogP contribution in [0.2, 0.25) is 0 Å². The Labute approximate surface area is 166 Å². The van der Waals surface area contributed by atoms with Gasteiger partial charge in [-0.05, 0) is 41.8 Å². The number of amides is 1. The van der Waals surface area contributed by atoms with E-state index in [0.717, 1.165) is 37.6 Å². The van der Waals surface area contributed by atoms with Crippen LogP contribution in [0, 0.1) is 11.2 Å². The highest BCUT2D eigenvalue weighted by Gasteiger charge is 2.28. The average Bonchev–Trinajstić information content (AvgIpc) is 3.16. The third-order valence-corrected chi connectivity index (χ3v) is 5.00. The number of hydrogen-bond acceptors (Lipinski definition) is 4. The van der Waals surface area contributed by atoms with Crippen LogP contribution in [-0.4, -0.2) is 43.5 Å². The SMILES string of the molecule is CC(C)(C)CC(=O)NC[C@@H](c1ccco1)N1CCN(c2ccc(F)cc2)CC1. The fraction of sp³-hybridized carbons (Fsp3) is 0.500. The Morgan fingerprint density at radius 3 is 2.39 bits per heavy atom. The van der Waals surface area contributed by atoms with Crippen LogP contribution in [0.25, 0.3) is 0 Å². The van der Waals surface area contributed by atoms with E-state index < -0.39 is 0 Å². The summed E-state index contributed by atoms with van der Waals surface area (Å²) in [5.41, 5.74) is 1.000. The molecule has 152 valence electrons. The molecule has 1 saturated heterocycles. The van der Waals surface area contributed by atoms with Crippen molar-refractivity contribution in [3.63, 3.8) is 0 Å².